The third kappa shape index (κ3) is 5.86. The summed E-state index contributed by atoms with van der Waals surface area (Å²) in [6, 6.07) is 6.93. The summed E-state index contributed by atoms with van der Waals surface area (Å²) in [7, 11) is 0. The van der Waals surface area contributed by atoms with Crippen LogP contribution in [0.15, 0.2) is 29.2 Å². The van der Waals surface area contributed by atoms with Crippen molar-refractivity contribution in [3.63, 3.8) is 0 Å². The van der Waals surface area contributed by atoms with Gasteiger partial charge in [0.15, 0.2) is 0 Å². The van der Waals surface area contributed by atoms with Gasteiger partial charge in [0.05, 0.1) is 10.2 Å². The van der Waals surface area contributed by atoms with Gasteiger partial charge in [-0.25, -0.2) is 0 Å². The van der Waals surface area contributed by atoms with Crippen LogP contribution in [0.4, 0.5) is 5.69 Å². The number of thioether (sulfide) groups is 1. The molecule has 0 aromatic heterocycles. The predicted octanol–water partition coefficient (Wildman–Crippen LogP) is 3.49. The van der Waals surface area contributed by atoms with Crippen LogP contribution in [-0.2, 0) is 4.79 Å². The highest BCUT2D eigenvalue weighted by molar-refractivity contribution is 8.00. The molecule has 1 aromatic rings. The number of nitro benzene ring substituents is 1. The number of likely N-dealkylation sites (tertiary alicyclic amines) is 1. The first-order valence-corrected chi connectivity index (χ1v) is 9.84. The molecule has 8 heteroatoms. The number of nitrogens with one attached hydrogen (secondary N) is 1. The first kappa shape index (κ1) is 21.0. The molecule has 0 bridgehead atoms. The summed E-state index contributed by atoms with van der Waals surface area (Å²) in [6.07, 6.45) is 4.77. The Balaban J connectivity index is 0.00000243. The molecule has 26 heavy (non-hydrogen) atoms. The number of piperidine rings is 1. The van der Waals surface area contributed by atoms with Crippen molar-refractivity contribution in [2.24, 2.45) is 5.92 Å². The van der Waals surface area contributed by atoms with E-state index >= 15 is 0 Å². The average Bonchev–Trinajstić information content (AvgIpc) is 3.44. The summed E-state index contributed by atoms with van der Waals surface area (Å²) in [5, 5.41) is 14.1. The van der Waals surface area contributed by atoms with Gasteiger partial charge in [0.25, 0.3) is 5.69 Å². The molecule has 1 heterocycles. The van der Waals surface area contributed by atoms with Gasteiger partial charge in [-0.15, -0.1) is 24.2 Å². The van der Waals surface area contributed by atoms with Crippen molar-refractivity contribution < 1.29 is 9.72 Å². The Labute approximate surface area is 164 Å². The van der Waals surface area contributed by atoms with Gasteiger partial charge in [0.2, 0.25) is 5.91 Å². The van der Waals surface area contributed by atoms with E-state index in [1.807, 2.05) is 11.8 Å². The fraction of sp³-hybridized carbons (Fsp3) is 0.611. The van der Waals surface area contributed by atoms with Crippen LogP contribution in [-0.4, -0.2) is 46.7 Å². The van der Waals surface area contributed by atoms with E-state index in [2.05, 4.69) is 5.32 Å². The molecule has 1 atom stereocenters. The first-order valence-electron chi connectivity index (χ1n) is 8.96. The van der Waals surface area contributed by atoms with E-state index in [1.165, 1.54) is 36.7 Å². The van der Waals surface area contributed by atoms with E-state index in [4.69, 9.17) is 0 Å². The van der Waals surface area contributed by atoms with Crippen molar-refractivity contribution in [3.05, 3.63) is 34.4 Å². The normalized spacial score (nSPS) is 18.9. The van der Waals surface area contributed by atoms with Gasteiger partial charge in [-0.3, -0.25) is 14.9 Å². The fourth-order valence-electron chi connectivity index (χ4n) is 3.12. The summed E-state index contributed by atoms with van der Waals surface area (Å²) < 4.78 is 0. The van der Waals surface area contributed by atoms with Gasteiger partial charge >= 0.3 is 0 Å². The number of amides is 1. The van der Waals surface area contributed by atoms with Crippen LogP contribution >= 0.6 is 24.2 Å². The van der Waals surface area contributed by atoms with Gasteiger partial charge in [-0.05, 0) is 57.2 Å². The Morgan fingerprint density at radius 2 is 1.88 bits per heavy atom. The minimum atomic E-state index is -0.412. The molecule has 1 amide bonds. The first-order chi connectivity index (χ1) is 12.0. The number of hydrogen-bond donors (Lipinski definition) is 1. The van der Waals surface area contributed by atoms with Crippen LogP contribution in [0, 0.1) is 16.0 Å². The lowest BCUT2D eigenvalue weighted by molar-refractivity contribution is -0.384. The predicted molar refractivity (Wildman–Crippen MR) is 106 cm³/mol. The minimum absolute atomic E-state index is 0. The van der Waals surface area contributed by atoms with Crippen molar-refractivity contribution in [3.8, 4) is 0 Å². The van der Waals surface area contributed by atoms with Gasteiger partial charge in [-0.1, -0.05) is 0 Å². The summed E-state index contributed by atoms with van der Waals surface area (Å²) in [4.78, 5) is 25.8. The van der Waals surface area contributed by atoms with E-state index in [0.29, 0.717) is 6.04 Å². The van der Waals surface area contributed by atoms with E-state index in [1.54, 1.807) is 12.1 Å². The zero-order valence-electron chi connectivity index (χ0n) is 14.9. The van der Waals surface area contributed by atoms with Crippen molar-refractivity contribution in [1.29, 1.82) is 0 Å². The van der Waals surface area contributed by atoms with Crippen LogP contribution in [0.5, 0.6) is 0 Å². The molecule has 1 aliphatic carbocycles. The van der Waals surface area contributed by atoms with Crippen LogP contribution in [0.2, 0.25) is 0 Å². The Hall–Kier alpha value is -1.31. The quantitative estimate of drug-likeness (QED) is 0.431. The molecule has 1 unspecified atom stereocenters. The topological polar surface area (TPSA) is 75.5 Å². The SMILES string of the molecule is CC(Sc1ccc([N+](=O)[O-])cc1)C(=O)N1CCC(NCC2CC2)CC1.Cl. The van der Waals surface area contributed by atoms with Gasteiger partial charge in [-0.2, -0.15) is 0 Å². The lowest BCUT2D eigenvalue weighted by Gasteiger charge is -2.34. The third-order valence-corrected chi connectivity index (χ3v) is 6.01. The molecule has 0 radical (unpaired) electrons. The number of nitro groups is 1. The Morgan fingerprint density at radius 3 is 2.42 bits per heavy atom. The highest BCUT2D eigenvalue weighted by Crippen LogP contribution is 2.29. The van der Waals surface area contributed by atoms with Crippen molar-refractivity contribution in [2.75, 3.05) is 19.6 Å². The number of carbonyl (C=O) groups excluding carboxylic acids is 1. The number of nitrogens with zero attached hydrogens (tertiary/aromatic N) is 2. The van der Waals surface area contributed by atoms with Crippen molar-refractivity contribution >= 4 is 35.8 Å². The Morgan fingerprint density at radius 1 is 1.27 bits per heavy atom. The van der Waals surface area contributed by atoms with Crippen LogP contribution in [0.1, 0.15) is 32.6 Å². The maximum Gasteiger partial charge on any atom is 0.269 e. The van der Waals surface area contributed by atoms with Crippen LogP contribution in [0.25, 0.3) is 0 Å². The van der Waals surface area contributed by atoms with Crippen LogP contribution in [0.3, 0.4) is 0 Å². The molecule has 1 saturated heterocycles. The van der Waals surface area contributed by atoms with E-state index in [9.17, 15) is 14.9 Å². The fourth-order valence-corrected chi connectivity index (χ4v) is 4.07. The number of halogens is 1. The number of non-ortho nitro benzene ring substituents is 1. The molecule has 2 fully saturated rings. The highest BCUT2D eigenvalue weighted by Gasteiger charge is 2.28. The maximum absolute atomic E-state index is 12.6. The molecule has 1 aromatic carbocycles. The lowest BCUT2D eigenvalue weighted by Crippen LogP contribution is -2.47. The molecule has 144 valence electrons. The third-order valence-electron chi connectivity index (χ3n) is 4.91. The summed E-state index contributed by atoms with van der Waals surface area (Å²) >= 11 is 1.46. The van der Waals surface area contributed by atoms with Gasteiger partial charge in [0, 0.05) is 36.2 Å². The second-order valence-corrected chi connectivity index (χ2v) is 8.38. The zero-order valence-corrected chi connectivity index (χ0v) is 16.6. The monoisotopic (exact) mass is 399 g/mol. The van der Waals surface area contributed by atoms with E-state index < -0.39 is 4.92 Å². The lowest BCUT2D eigenvalue weighted by atomic mass is 10.0. The van der Waals surface area contributed by atoms with E-state index in [0.717, 1.165) is 43.3 Å². The van der Waals surface area contributed by atoms with Gasteiger partial charge in [0.1, 0.15) is 0 Å². The highest BCUT2D eigenvalue weighted by atomic mass is 35.5. The van der Waals surface area contributed by atoms with Crippen molar-refractivity contribution in [2.45, 2.75) is 48.8 Å². The number of rotatable bonds is 7. The Bertz CT molecular complexity index is 617. The zero-order chi connectivity index (χ0) is 17.8. The number of carbonyl (C=O) groups is 1. The second-order valence-electron chi connectivity index (χ2n) is 6.96. The molecule has 2 aliphatic rings. The molecule has 1 saturated carbocycles. The second kappa shape index (κ2) is 9.58. The standard InChI is InChI=1S/C18H25N3O3S.ClH/c1-13(25-17-6-4-16(5-7-17)21(23)24)18(22)20-10-8-15(9-11-20)19-12-14-2-3-14;/h4-7,13-15,19H,2-3,8-12H2,1H3;1H. The smallest absolute Gasteiger partial charge is 0.269 e. The molecule has 0 spiro atoms. The summed E-state index contributed by atoms with van der Waals surface area (Å²) in [5.41, 5.74) is 0.0732. The number of hydrogen-bond acceptors (Lipinski definition) is 5. The minimum Gasteiger partial charge on any atom is -0.342 e. The molecular weight excluding hydrogens is 374 g/mol. The molecule has 1 aliphatic heterocycles. The molecular formula is C18H26ClN3O3S. The maximum atomic E-state index is 12.6. The molecule has 3 rings (SSSR count). The molecule has 6 nitrogen and oxygen atoms in total. The Kier molecular flexibility index (Phi) is 7.73. The van der Waals surface area contributed by atoms with Crippen molar-refractivity contribution in [1.82, 2.24) is 10.2 Å². The largest absolute Gasteiger partial charge is 0.342 e. The molecule has 1 N–H and O–H groups in total. The number of benzene rings is 1. The summed E-state index contributed by atoms with van der Waals surface area (Å²) in [5.74, 6) is 1.04. The van der Waals surface area contributed by atoms with Crippen LogP contribution < -0.4 is 5.32 Å². The average molecular weight is 400 g/mol. The van der Waals surface area contributed by atoms with Gasteiger partial charge < -0.3 is 10.2 Å². The van der Waals surface area contributed by atoms with E-state index in [-0.39, 0.29) is 29.3 Å². The summed E-state index contributed by atoms with van der Waals surface area (Å²) in [6.45, 7) is 4.66.